The minimum Gasteiger partial charge on any atom is -0.399 e. The number of piperazine rings is 1. The zero-order valence-electron chi connectivity index (χ0n) is 10.7. The summed E-state index contributed by atoms with van der Waals surface area (Å²) >= 11 is 0. The van der Waals surface area contributed by atoms with E-state index in [4.69, 9.17) is 5.73 Å². The molecule has 0 atom stereocenters. The number of carbonyl (C=O) groups is 2. The quantitative estimate of drug-likeness (QED) is 0.761. The van der Waals surface area contributed by atoms with Gasteiger partial charge in [0.05, 0.1) is 5.56 Å². The molecule has 0 aliphatic carbocycles. The topological polar surface area (TPSA) is 66.6 Å². The van der Waals surface area contributed by atoms with Crippen LogP contribution in [0.2, 0.25) is 0 Å². The van der Waals surface area contributed by atoms with E-state index >= 15 is 0 Å². The van der Waals surface area contributed by atoms with Gasteiger partial charge in [-0.15, -0.1) is 0 Å². The van der Waals surface area contributed by atoms with Crippen molar-refractivity contribution in [3.63, 3.8) is 0 Å². The lowest BCUT2D eigenvalue weighted by molar-refractivity contribution is -0.130. The molecular weight excluding hydrogens is 249 g/mol. The summed E-state index contributed by atoms with van der Waals surface area (Å²) in [5.41, 5.74) is 5.75. The van der Waals surface area contributed by atoms with E-state index < -0.39 is 5.82 Å². The molecule has 102 valence electrons. The monoisotopic (exact) mass is 265 g/mol. The van der Waals surface area contributed by atoms with Gasteiger partial charge in [-0.2, -0.15) is 0 Å². The third kappa shape index (κ3) is 2.83. The highest BCUT2D eigenvalue weighted by molar-refractivity contribution is 5.95. The summed E-state index contributed by atoms with van der Waals surface area (Å²) in [6.45, 7) is 3.30. The van der Waals surface area contributed by atoms with Crippen molar-refractivity contribution in [3.05, 3.63) is 29.6 Å². The van der Waals surface area contributed by atoms with Crippen molar-refractivity contribution in [2.24, 2.45) is 0 Å². The Morgan fingerprint density at radius 1 is 1.16 bits per heavy atom. The molecular formula is C13H16FN3O2. The normalized spacial score (nSPS) is 15.5. The number of hydrogen-bond donors (Lipinski definition) is 1. The first-order valence-electron chi connectivity index (χ1n) is 6.09. The standard InChI is InChI=1S/C13H16FN3O2/c1-9(18)16-4-6-17(7-5-16)13(19)11-3-2-10(15)8-12(11)14/h2-3,8H,4-7,15H2,1H3. The average Bonchev–Trinajstić information content (AvgIpc) is 2.38. The number of halogens is 1. The van der Waals surface area contributed by atoms with Gasteiger partial charge in [-0.05, 0) is 18.2 Å². The molecule has 1 aliphatic rings. The highest BCUT2D eigenvalue weighted by Gasteiger charge is 2.24. The Morgan fingerprint density at radius 3 is 2.26 bits per heavy atom. The lowest BCUT2D eigenvalue weighted by Gasteiger charge is -2.34. The van der Waals surface area contributed by atoms with Gasteiger partial charge in [0.1, 0.15) is 5.82 Å². The molecule has 0 unspecified atom stereocenters. The summed E-state index contributed by atoms with van der Waals surface area (Å²) in [7, 11) is 0. The zero-order valence-corrected chi connectivity index (χ0v) is 10.7. The number of nitrogens with zero attached hydrogens (tertiary/aromatic N) is 2. The second-order valence-electron chi connectivity index (χ2n) is 4.54. The fraction of sp³-hybridized carbons (Fsp3) is 0.385. The summed E-state index contributed by atoms with van der Waals surface area (Å²) in [6.07, 6.45) is 0. The molecule has 19 heavy (non-hydrogen) atoms. The molecule has 1 aromatic carbocycles. The van der Waals surface area contributed by atoms with Crippen LogP contribution in [-0.4, -0.2) is 47.8 Å². The van der Waals surface area contributed by atoms with Crippen molar-refractivity contribution in [2.45, 2.75) is 6.92 Å². The maximum Gasteiger partial charge on any atom is 0.256 e. The summed E-state index contributed by atoms with van der Waals surface area (Å²) in [4.78, 5) is 26.6. The highest BCUT2D eigenvalue weighted by Crippen LogP contribution is 2.15. The van der Waals surface area contributed by atoms with Crippen molar-refractivity contribution in [3.8, 4) is 0 Å². The van der Waals surface area contributed by atoms with Crippen molar-refractivity contribution < 1.29 is 14.0 Å². The highest BCUT2D eigenvalue weighted by atomic mass is 19.1. The molecule has 1 heterocycles. The van der Waals surface area contributed by atoms with Crippen LogP contribution in [0.3, 0.4) is 0 Å². The van der Waals surface area contributed by atoms with E-state index in [1.807, 2.05) is 0 Å². The van der Waals surface area contributed by atoms with Crippen LogP contribution in [-0.2, 0) is 4.79 Å². The van der Waals surface area contributed by atoms with Crippen molar-refractivity contribution >= 4 is 17.5 Å². The number of amides is 2. The number of nitrogen functional groups attached to an aromatic ring is 1. The minimum absolute atomic E-state index is 0.00855. The van der Waals surface area contributed by atoms with Gasteiger partial charge in [-0.1, -0.05) is 0 Å². The van der Waals surface area contributed by atoms with Gasteiger partial charge in [0.15, 0.2) is 0 Å². The first-order valence-corrected chi connectivity index (χ1v) is 6.09. The first-order chi connectivity index (χ1) is 8.99. The van der Waals surface area contributed by atoms with Gasteiger partial charge in [0.2, 0.25) is 5.91 Å². The second-order valence-corrected chi connectivity index (χ2v) is 4.54. The molecule has 0 bridgehead atoms. The molecule has 0 radical (unpaired) electrons. The van der Waals surface area contributed by atoms with Gasteiger partial charge < -0.3 is 15.5 Å². The largest absolute Gasteiger partial charge is 0.399 e. The summed E-state index contributed by atoms with van der Waals surface area (Å²) < 4.78 is 13.7. The fourth-order valence-corrected chi connectivity index (χ4v) is 2.10. The molecule has 0 aromatic heterocycles. The number of carbonyl (C=O) groups excluding carboxylic acids is 2. The molecule has 0 spiro atoms. The molecule has 2 N–H and O–H groups in total. The summed E-state index contributed by atoms with van der Waals surface area (Å²) in [5, 5.41) is 0. The minimum atomic E-state index is -0.612. The lowest BCUT2D eigenvalue weighted by Crippen LogP contribution is -2.50. The van der Waals surface area contributed by atoms with E-state index in [0.717, 1.165) is 6.07 Å². The maximum atomic E-state index is 13.7. The zero-order chi connectivity index (χ0) is 14.0. The van der Waals surface area contributed by atoms with Crippen LogP contribution in [0.1, 0.15) is 17.3 Å². The Morgan fingerprint density at radius 2 is 1.74 bits per heavy atom. The summed E-state index contributed by atoms with van der Waals surface area (Å²) in [6, 6.07) is 4.03. The maximum absolute atomic E-state index is 13.7. The third-order valence-corrected chi connectivity index (χ3v) is 3.24. The van der Waals surface area contributed by atoms with Crippen molar-refractivity contribution in [1.29, 1.82) is 0 Å². The third-order valence-electron chi connectivity index (χ3n) is 3.24. The van der Waals surface area contributed by atoms with Gasteiger partial charge in [-0.25, -0.2) is 4.39 Å². The molecule has 6 heteroatoms. The number of hydrogen-bond acceptors (Lipinski definition) is 3. The average molecular weight is 265 g/mol. The summed E-state index contributed by atoms with van der Waals surface area (Å²) in [5.74, 6) is -0.981. The molecule has 1 aromatic rings. The molecule has 1 fully saturated rings. The Hall–Kier alpha value is -2.11. The van der Waals surface area contributed by atoms with E-state index in [9.17, 15) is 14.0 Å². The Bertz CT molecular complexity index is 511. The van der Waals surface area contributed by atoms with Crippen LogP contribution < -0.4 is 5.73 Å². The lowest BCUT2D eigenvalue weighted by atomic mass is 10.1. The van der Waals surface area contributed by atoms with E-state index in [-0.39, 0.29) is 23.1 Å². The molecule has 2 amide bonds. The molecule has 1 saturated heterocycles. The number of benzene rings is 1. The number of anilines is 1. The number of nitrogens with two attached hydrogens (primary N) is 1. The van der Waals surface area contributed by atoms with Crippen LogP contribution >= 0.6 is 0 Å². The van der Waals surface area contributed by atoms with Gasteiger partial charge in [0.25, 0.3) is 5.91 Å². The van der Waals surface area contributed by atoms with E-state index in [0.29, 0.717) is 26.2 Å². The van der Waals surface area contributed by atoms with Crippen LogP contribution in [0.4, 0.5) is 10.1 Å². The van der Waals surface area contributed by atoms with Crippen LogP contribution in [0, 0.1) is 5.82 Å². The number of rotatable bonds is 1. The van der Waals surface area contributed by atoms with Gasteiger partial charge in [0, 0.05) is 38.8 Å². The van der Waals surface area contributed by atoms with Gasteiger partial charge >= 0.3 is 0 Å². The van der Waals surface area contributed by atoms with Crippen LogP contribution in [0.25, 0.3) is 0 Å². The van der Waals surface area contributed by atoms with E-state index in [2.05, 4.69) is 0 Å². The van der Waals surface area contributed by atoms with Crippen LogP contribution in [0.5, 0.6) is 0 Å². The molecule has 2 rings (SSSR count). The predicted octanol–water partition coefficient (Wildman–Crippen LogP) is 0.712. The predicted molar refractivity (Wildman–Crippen MR) is 69.0 cm³/mol. The smallest absolute Gasteiger partial charge is 0.256 e. The van der Waals surface area contributed by atoms with E-state index in [1.165, 1.54) is 19.1 Å². The van der Waals surface area contributed by atoms with Crippen molar-refractivity contribution in [2.75, 3.05) is 31.9 Å². The van der Waals surface area contributed by atoms with Crippen LogP contribution in [0.15, 0.2) is 18.2 Å². The Kier molecular flexibility index (Phi) is 3.69. The Balaban J connectivity index is 2.07. The van der Waals surface area contributed by atoms with Crippen molar-refractivity contribution in [1.82, 2.24) is 9.80 Å². The van der Waals surface area contributed by atoms with Gasteiger partial charge in [-0.3, -0.25) is 9.59 Å². The molecule has 5 nitrogen and oxygen atoms in total. The second kappa shape index (κ2) is 5.26. The fourth-order valence-electron chi connectivity index (χ4n) is 2.10. The molecule has 1 aliphatic heterocycles. The molecule has 0 saturated carbocycles. The van der Waals surface area contributed by atoms with E-state index in [1.54, 1.807) is 9.80 Å². The SMILES string of the molecule is CC(=O)N1CCN(C(=O)c2ccc(N)cc2F)CC1. The first kappa shape index (κ1) is 13.3. The Labute approximate surface area is 110 Å².